The molecule has 2 heteroatoms. The average Bonchev–Trinajstić information content (AvgIpc) is 2.79. The van der Waals surface area contributed by atoms with E-state index < -0.39 is 5.60 Å². The van der Waals surface area contributed by atoms with E-state index in [2.05, 4.69) is 12.8 Å². The average molecular weight is 302 g/mol. The largest absolute Gasteiger partial charge is 0.393 e. The Hall–Kier alpha value is -0.520. The summed E-state index contributed by atoms with van der Waals surface area (Å²) in [5, 5.41) is 20.9. The summed E-state index contributed by atoms with van der Waals surface area (Å²) in [6.07, 6.45) is 15.7. The summed E-state index contributed by atoms with van der Waals surface area (Å²) in [4.78, 5) is 0. The Morgan fingerprint density at radius 3 is 2.50 bits per heavy atom. The Balaban J connectivity index is 1.60. The van der Waals surface area contributed by atoms with Crippen LogP contribution in [0, 0.1) is 47.3 Å². The van der Waals surface area contributed by atoms with Crippen LogP contribution >= 0.6 is 0 Å². The highest BCUT2D eigenvalue weighted by Gasteiger charge is 2.62. The minimum atomic E-state index is -0.873. The summed E-state index contributed by atoms with van der Waals surface area (Å²) < 4.78 is 0. The fourth-order valence-corrected chi connectivity index (χ4v) is 7.08. The zero-order valence-corrected chi connectivity index (χ0v) is 13.8. The first-order valence-electron chi connectivity index (χ1n) is 9.37. The van der Waals surface area contributed by atoms with Crippen molar-refractivity contribution in [2.24, 2.45) is 35.0 Å². The van der Waals surface area contributed by atoms with Crippen LogP contribution in [0.5, 0.6) is 0 Å². The quantitative estimate of drug-likeness (QED) is 0.674. The normalized spacial score (nSPS) is 57.4. The Bertz CT molecular complexity index is 494. The van der Waals surface area contributed by atoms with E-state index >= 15 is 0 Å². The molecule has 0 aromatic rings. The van der Waals surface area contributed by atoms with E-state index in [4.69, 9.17) is 6.42 Å². The van der Waals surface area contributed by atoms with Crippen LogP contribution in [0.4, 0.5) is 0 Å². The van der Waals surface area contributed by atoms with Crippen molar-refractivity contribution < 1.29 is 10.2 Å². The van der Waals surface area contributed by atoms with Crippen molar-refractivity contribution in [1.29, 1.82) is 0 Å². The number of terminal acetylenes is 1. The Kier molecular flexibility index (Phi) is 3.41. The van der Waals surface area contributed by atoms with Crippen LogP contribution in [-0.4, -0.2) is 21.9 Å². The number of hydrogen-bond donors (Lipinski definition) is 2. The highest BCUT2D eigenvalue weighted by atomic mass is 16.3. The van der Waals surface area contributed by atoms with Gasteiger partial charge in [-0.15, -0.1) is 6.42 Å². The van der Waals surface area contributed by atoms with Gasteiger partial charge in [0.15, 0.2) is 0 Å². The maximum absolute atomic E-state index is 10.9. The van der Waals surface area contributed by atoms with E-state index in [1.807, 2.05) is 0 Å². The lowest BCUT2D eigenvalue weighted by molar-refractivity contribution is -0.111. The summed E-state index contributed by atoms with van der Waals surface area (Å²) in [5.41, 5.74) is -0.938. The molecule has 4 aliphatic rings. The van der Waals surface area contributed by atoms with E-state index in [1.54, 1.807) is 0 Å². The first-order chi connectivity index (χ1) is 10.5. The minimum absolute atomic E-state index is 0.0512. The van der Waals surface area contributed by atoms with Gasteiger partial charge >= 0.3 is 0 Å². The summed E-state index contributed by atoms with van der Waals surface area (Å²) in [6, 6.07) is 0. The van der Waals surface area contributed by atoms with Crippen LogP contribution in [0.3, 0.4) is 0 Å². The Labute approximate surface area is 134 Å². The van der Waals surface area contributed by atoms with Crippen LogP contribution < -0.4 is 0 Å². The second-order valence-electron chi connectivity index (χ2n) is 8.90. The molecule has 0 radical (unpaired) electrons. The van der Waals surface area contributed by atoms with Gasteiger partial charge in [0.2, 0.25) is 0 Å². The van der Waals surface area contributed by atoms with E-state index in [1.165, 1.54) is 25.7 Å². The molecule has 4 fully saturated rings. The lowest BCUT2D eigenvalue weighted by Gasteiger charge is -2.56. The SMILES string of the molecule is C#CC1(O)CC[C@@H]2[C@@H]3CC[C@@H]4C[C@@H](O)CC[C@@H]4[C@@H]3CC[C@@]21C. The highest BCUT2D eigenvalue weighted by molar-refractivity contribution is 5.23. The van der Waals surface area contributed by atoms with Gasteiger partial charge < -0.3 is 10.2 Å². The van der Waals surface area contributed by atoms with Crippen LogP contribution in [-0.2, 0) is 0 Å². The first-order valence-corrected chi connectivity index (χ1v) is 9.37. The third-order valence-electron chi connectivity index (χ3n) is 8.32. The van der Waals surface area contributed by atoms with Gasteiger partial charge in [-0.2, -0.15) is 0 Å². The zero-order valence-electron chi connectivity index (χ0n) is 13.8. The van der Waals surface area contributed by atoms with Crippen molar-refractivity contribution in [3.8, 4) is 12.3 Å². The molecule has 22 heavy (non-hydrogen) atoms. The van der Waals surface area contributed by atoms with Crippen LogP contribution in [0.25, 0.3) is 0 Å². The minimum Gasteiger partial charge on any atom is -0.393 e. The maximum Gasteiger partial charge on any atom is 0.130 e. The lowest BCUT2D eigenvalue weighted by atomic mass is 9.49. The van der Waals surface area contributed by atoms with E-state index in [0.717, 1.165) is 55.8 Å². The van der Waals surface area contributed by atoms with Gasteiger partial charge in [-0.05, 0) is 87.4 Å². The van der Waals surface area contributed by atoms with E-state index in [-0.39, 0.29) is 11.5 Å². The van der Waals surface area contributed by atoms with Crippen molar-refractivity contribution in [3.05, 3.63) is 0 Å². The third kappa shape index (κ3) is 1.88. The van der Waals surface area contributed by atoms with Gasteiger partial charge in [-0.1, -0.05) is 12.8 Å². The summed E-state index contributed by atoms with van der Waals surface area (Å²) >= 11 is 0. The zero-order chi connectivity index (χ0) is 15.5. The van der Waals surface area contributed by atoms with Crippen LogP contribution in [0.2, 0.25) is 0 Å². The molecule has 0 amide bonds. The summed E-state index contributed by atoms with van der Waals surface area (Å²) in [7, 11) is 0. The monoisotopic (exact) mass is 302 g/mol. The number of fused-ring (bicyclic) bond motifs is 5. The highest BCUT2D eigenvalue weighted by Crippen LogP contribution is 2.65. The molecular formula is C20H30O2. The molecule has 0 aromatic heterocycles. The van der Waals surface area contributed by atoms with Crippen molar-refractivity contribution >= 4 is 0 Å². The van der Waals surface area contributed by atoms with Crippen molar-refractivity contribution in [2.75, 3.05) is 0 Å². The van der Waals surface area contributed by atoms with Gasteiger partial charge in [0.25, 0.3) is 0 Å². The predicted molar refractivity (Wildman–Crippen MR) is 86.9 cm³/mol. The molecule has 4 saturated carbocycles. The van der Waals surface area contributed by atoms with Gasteiger partial charge in [0.05, 0.1) is 6.10 Å². The van der Waals surface area contributed by atoms with Crippen LogP contribution in [0.1, 0.15) is 64.7 Å². The number of aliphatic hydroxyl groups excluding tert-OH is 1. The molecule has 4 rings (SSSR count). The first kappa shape index (κ1) is 15.0. The smallest absolute Gasteiger partial charge is 0.130 e. The number of rotatable bonds is 0. The molecular weight excluding hydrogens is 272 g/mol. The molecule has 1 unspecified atom stereocenters. The van der Waals surface area contributed by atoms with Gasteiger partial charge in [-0.3, -0.25) is 0 Å². The molecule has 0 heterocycles. The summed E-state index contributed by atoms with van der Waals surface area (Å²) in [5.74, 6) is 6.53. The fraction of sp³-hybridized carbons (Fsp3) is 0.900. The van der Waals surface area contributed by atoms with E-state index in [0.29, 0.717) is 5.92 Å². The second-order valence-corrected chi connectivity index (χ2v) is 8.90. The maximum atomic E-state index is 10.9. The number of aliphatic hydroxyl groups is 2. The molecule has 2 N–H and O–H groups in total. The molecule has 2 nitrogen and oxygen atoms in total. The molecule has 0 aliphatic heterocycles. The van der Waals surface area contributed by atoms with Gasteiger partial charge in [0, 0.05) is 5.41 Å². The van der Waals surface area contributed by atoms with Crippen LogP contribution in [0.15, 0.2) is 0 Å². The van der Waals surface area contributed by atoms with Crippen molar-refractivity contribution in [1.82, 2.24) is 0 Å². The molecule has 122 valence electrons. The number of hydrogen-bond acceptors (Lipinski definition) is 2. The fourth-order valence-electron chi connectivity index (χ4n) is 7.08. The third-order valence-corrected chi connectivity index (χ3v) is 8.32. The van der Waals surface area contributed by atoms with E-state index in [9.17, 15) is 10.2 Å². The Morgan fingerprint density at radius 1 is 0.955 bits per heavy atom. The summed E-state index contributed by atoms with van der Waals surface area (Å²) in [6.45, 7) is 2.26. The lowest BCUT2D eigenvalue weighted by Crippen LogP contribution is -2.53. The molecule has 4 aliphatic carbocycles. The second kappa shape index (κ2) is 4.99. The topological polar surface area (TPSA) is 40.5 Å². The van der Waals surface area contributed by atoms with Gasteiger partial charge in [0.1, 0.15) is 5.60 Å². The Morgan fingerprint density at radius 2 is 1.73 bits per heavy atom. The molecule has 0 aromatic carbocycles. The standard InChI is InChI=1S/C20H30O2/c1-3-20(22)11-9-18-17-6-4-13-12-14(21)5-7-15(13)16(17)8-10-19(18,20)2/h1,13-18,21-22H,4-12H2,2H3/t13-,14+,15+,16+,17-,18-,19+,20?/m1/s1. The molecule has 8 atom stereocenters. The van der Waals surface area contributed by atoms with Crippen molar-refractivity contribution in [2.45, 2.75) is 76.4 Å². The van der Waals surface area contributed by atoms with Gasteiger partial charge in [-0.25, -0.2) is 0 Å². The predicted octanol–water partition coefficient (Wildman–Crippen LogP) is 3.36. The molecule has 0 saturated heterocycles. The molecule has 0 bridgehead atoms. The van der Waals surface area contributed by atoms with Crippen molar-refractivity contribution in [3.63, 3.8) is 0 Å². The molecule has 0 spiro atoms.